The Hall–Kier alpha value is -1.77. The topological polar surface area (TPSA) is 35.5 Å². The highest BCUT2D eigenvalue weighted by molar-refractivity contribution is 5.87. The lowest BCUT2D eigenvalue weighted by atomic mass is 10.0. The molecule has 3 heteroatoms. The predicted molar refractivity (Wildman–Crippen MR) is 137 cm³/mol. The highest BCUT2D eigenvalue weighted by atomic mass is 16.5. The second-order valence-corrected chi connectivity index (χ2v) is 8.77. The van der Waals surface area contributed by atoms with E-state index >= 15 is 0 Å². The largest absolute Gasteiger partial charge is 0.493 e. The van der Waals surface area contributed by atoms with E-state index in [1.165, 1.54) is 102 Å². The molecule has 0 atom stereocenters. The monoisotopic (exact) mass is 444 g/mol. The van der Waals surface area contributed by atoms with Crippen molar-refractivity contribution >= 4 is 12.0 Å². The van der Waals surface area contributed by atoms with E-state index in [0.717, 1.165) is 24.3 Å². The third-order valence-electron chi connectivity index (χ3n) is 5.86. The Morgan fingerprint density at radius 1 is 0.719 bits per heavy atom. The van der Waals surface area contributed by atoms with Gasteiger partial charge in [0.25, 0.3) is 0 Å². The highest BCUT2D eigenvalue weighted by Gasteiger charge is 2.02. The minimum atomic E-state index is -0.319. The molecule has 0 radical (unpaired) electrons. The predicted octanol–water partition coefficient (Wildman–Crippen LogP) is 8.90. The van der Waals surface area contributed by atoms with Crippen LogP contribution < -0.4 is 4.74 Å². The van der Waals surface area contributed by atoms with Crippen LogP contribution in [0.15, 0.2) is 30.3 Å². The van der Waals surface area contributed by atoms with Gasteiger partial charge in [-0.3, -0.25) is 0 Å². The minimum Gasteiger partial charge on any atom is -0.493 e. The quantitative estimate of drug-likeness (QED) is 0.108. The molecule has 0 aromatic heterocycles. The summed E-state index contributed by atoms with van der Waals surface area (Å²) < 4.78 is 10.9. The van der Waals surface area contributed by atoms with Crippen LogP contribution in [0.5, 0.6) is 5.75 Å². The van der Waals surface area contributed by atoms with Crippen molar-refractivity contribution in [2.75, 3.05) is 13.2 Å². The van der Waals surface area contributed by atoms with Crippen molar-refractivity contribution in [1.29, 1.82) is 0 Å². The number of rotatable bonds is 21. The first-order valence-electron chi connectivity index (χ1n) is 13.3. The van der Waals surface area contributed by atoms with Crippen molar-refractivity contribution in [3.63, 3.8) is 0 Å². The molecule has 0 bridgehead atoms. The maximum absolute atomic E-state index is 11.5. The van der Waals surface area contributed by atoms with Gasteiger partial charge < -0.3 is 9.47 Å². The first-order valence-corrected chi connectivity index (χ1v) is 13.3. The number of unbranched alkanes of at least 4 members (excludes halogenated alkanes) is 15. The summed E-state index contributed by atoms with van der Waals surface area (Å²) in [6, 6.07) is 7.83. The van der Waals surface area contributed by atoms with Gasteiger partial charge in [-0.2, -0.15) is 0 Å². The van der Waals surface area contributed by atoms with E-state index in [0.29, 0.717) is 6.61 Å². The van der Waals surface area contributed by atoms with Crippen LogP contribution in [0.4, 0.5) is 0 Å². The lowest BCUT2D eigenvalue weighted by molar-refractivity contribution is -0.137. The van der Waals surface area contributed by atoms with E-state index in [9.17, 15) is 4.79 Å². The summed E-state index contributed by atoms with van der Waals surface area (Å²) in [7, 11) is 0. The van der Waals surface area contributed by atoms with E-state index in [4.69, 9.17) is 9.47 Å². The van der Waals surface area contributed by atoms with Crippen LogP contribution >= 0.6 is 0 Å². The summed E-state index contributed by atoms with van der Waals surface area (Å²) in [6.07, 6.45) is 25.2. The summed E-state index contributed by atoms with van der Waals surface area (Å²) in [5.74, 6) is 0.508. The Balaban J connectivity index is 1.96. The standard InChI is InChI=1S/C29H48O3/c1-3-5-6-7-8-9-10-11-12-13-14-15-16-17-18-21-26-32-28-23-20-19-22-27(28)24-25-29(30)31-4-2/h19-20,22-25H,3-18,21,26H2,1-2H3. The number of para-hydroxylation sites is 1. The third-order valence-corrected chi connectivity index (χ3v) is 5.86. The number of hydrogen-bond donors (Lipinski definition) is 0. The Labute approximate surface area is 198 Å². The molecule has 0 heterocycles. The molecule has 0 fully saturated rings. The molecule has 0 saturated carbocycles. The Morgan fingerprint density at radius 2 is 1.22 bits per heavy atom. The minimum absolute atomic E-state index is 0.319. The fraction of sp³-hybridized carbons (Fsp3) is 0.690. The van der Waals surface area contributed by atoms with Crippen molar-refractivity contribution < 1.29 is 14.3 Å². The zero-order valence-electron chi connectivity index (χ0n) is 20.9. The van der Waals surface area contributed by atoms with Crippen molar-refractivity contribution in [3.05, 3.63) is 35.9 Å². The number of benzene rings is 1. The van der Waals surface area contributed by atoms with Crippen molar-refractivity contribution in [2.45, 2.75) is 117 Å². The lowest BCUT2D eigenvalue weighted by Crippen LogP contribution is -2.00. The van der Waals surface area contributed by atoms with Gasteiger partial charge in [-0.15, -0.1) is 0 Å². The molecular weight excluding hydrogens is 396 g/mol. The number of carbonyl (C=O) groups is 1. The molecule has 0 aliphatic rings. The molecule has 32 heavy (non-hydrogen) atoms. The van der Waals surface area contributed by atoms with E-state index in [2.05, 4.69) is 6.92 Å². The summed E-state index contributed by atoms with van der Waals surface area (Å²) in [5, 5.41) is 0. The van der Waals surface area contributed by atoms with Gasteiger partial charge in [0, 0.05) is 11.6 Å². The van der Waals surface area contributed by atoms with Gasteiger partial charge in [0.1, 0.15) is 5.75 Å². The highest BCUT2D eigenvalue weighted by Crippen LogP contribution is 2.20. The maximum Gasteiger partial charge on any atom is 0.330 e. The zero-order chi connectivity index (χ0) is 23.1. The maximum atomic E-state index is 11.5. The molecule has 182 valence electrons. The molecular formula is C29H48O3. The average Bonchev–Trinajstić information content (AvgIpc) is 2.80. The van der Waals surface area contributed by atoms with Crippen LogP contribution in [0.25, 0.3) is 6.08 Å². The smallest absolute Gasteiger partial charge is 0.330 e. The molecule has 0 saturated heterocycles. The van der Waals surface area contributed by atoms with Gasteiger partial charge in [0.05, 0.1) is 13.2 Å². The Morgan fingerprint density at radius 3 is 1.75 bits per heavy atom. The van der Waals surface area contributed by atoms with Crippen LogP contribution in [0.2, 0.25) is 0 Å². The molecule has 1 aromatic rings. The summed E-state index contributed by atoms with van der Waals surface area (Å²) in [5.41, 5.74) is 0.914. The molecule has 1 aromatic carbocycles. The fourth-order valence-corrected chi connectivity index (χ4v) is 3.93. The normalized spacial score (nSPS) is 11.2. The lowest BCUT2D eigenvalue weighted by Gasteiger charge is -2.09. The van der Waals surface area contributed by atoms with Crippen LogP contribution in [0.1, 0.15) is 122 Å². The molecule has 0 N–H and O–H groups in total. The molecule has 0 aliphatic heterocycles. The second kappa shape index (κ2) is 21.1. The number of esters is 1. The van der Waals surface area contributed by atoms with E-state index in [1.54, 1.807) is 13.0 Å². The summed E-state index contributed by atoms with van der Waals surface area (Å²) in [4.78, 5) is 11.5. The first kappa shape index (κ1) is 28.3. The average molecular weight is 445 g/mol. The second-order valence-electron chi connectivity index (χ2n) is 8.77. The van der Waals surface area contributed by atoms with Gasteiger partial charge in [0.2, 0.25) is 0 Å². The molecule has 0 amide bonds. The van der Waals surface area contributed by atoms with Crippen LogP contribution in [0.3, 0.4) is 0 Å². The van der Waals surface area contributed by atoms with Gasteiger partial charge in [-0.05, 0) is 25.5 Å². The molecule has 0 spiro atoms. The SMILES string of the molecule is CCCCCCCCCCCCCCCCCCOc1ccccc1C=CC(=O)OCC. The fourth-order valence-electron chi connectivity index (χ4n) is 3.93. The van der Waals surface area contributed by atoms with E-state index < -0.39 is 0 Å². The van der Waals surface area contributed by atoms with Gasteiger partial charge >= 0.3 is 5.97 Å². The third kappa shape index (κ3) is 15.9. The number of carbonyl (C=O) groups excluding carboxylic acids is 1. The van der Waals surface area contributed by atoms with Gasteiger partial charge in [-0.25, -0.2) is 4.79 Å². The summed E-state index contributed by atoms with van der Waals surface area (Å²) in [6.45, 7) is 5.20. The van der Waals surface area contributed by atoms with Crippen molar-refractivity contribution in [1.82, 2.24) is 0 Å². The van der Waals surface area contributed by atoms with Gasteiger partial charge in [-0.1, -0.05) is 121 Å². The molecule has 0 aliphatic carbocycles. The van der Waals surface area contributed by atoms with Crippen LogP contribution in [0, 0.1) is 0 Å². The zero-order valence-corrected chi connectivity index (χ0v) is 20.9. The Bertz CT molecular complexity index is 594. The Kier molecular flexibility index (Phi) is 18.6. The molecule has 0 unspecified atom stereocenters. The van der Waals surface area contributed by atoms with Crippen LogP contribution in [-0.4, -0.2) is 19.2 Å². The van der Waals surface area contributed by atoms with Gasteiger partial charge in [0.15, 0.2) is 0 Å². The van der Waals surface area contributed by atoms with Crippen LogP contribution in [-0.2, 0) is 9.53 Å². The van der Waals surface area contributed by atoms with E-state index in [-0.39, 0.29) is 5.97 Å². The summed E-state index contributed by atoms with van der Waals surface area (Å²) >= 11 is 0. The first-order chi connectivity index (χ1) is 15.8. The van der Waals surface area contributed by atoms with E-state index in [1.807, 2.05) is 24.3 Å². The molecule has 1 rings (SSSR count). The van der Waals surface area contributed by atoms with Crippen molar-refractivity contribution in [2.24, 2.45) is 0 Å². The number of hydrogen-bond acceptors (Lipinski definition) is 3. The van der Waals surface area contributed by atoms with Crippen molar-refractivity contribution in [3.8, 4) is 5.75 Å². The molecule has 3 nitrogen and oxygen atoms in total. The number of ether oxygens (including phenoxy) is 2.